The summed E-state index contributed by atoms with van der Waals surface area (Å²) in [6.07, 6.45) is 3.06. The molecule has 1 fully saturated rings. The third-order valence-electron chi connectivity index (χ3n) is 4.03. The van der Waals surface area contributed by atoms with Crippen molar-refractivity contribution in [2.75, 3.05) is 13.1 Å². The second-order valence-corrected chi connectivity index (χ2v) is 6.13. The number of carbonyl (C=O) groups is 1. The van der Waals surface area contributed by atoms with Gasteiger partial charge >= 0.3 is 0 Å². The first-order chi connectivity index (χ1) is 9.65. The van der Waals surface area contributed by atoms with Crippen LogP contribution < -0.4 is 10.6 Å². The minimum Gasteiger partial charge on any atom is -0.352 e. The maximum absolute atomic E-state index is 12.0. The molecule has 0 spiro atoms. The average Bonchev–Trinajstić information content (AvgIpc) is 2.46. The van der Waals surface area contributed by atoms with Gasteiger partial charge in [-0.3, -0.25) is 4.79 Å². The number of carbonyl (C=O) groups excluding carboxylic acids is 1. The van der Waals surface area contributed by atoms with Gasteiger partial charge in [0.2, 0.25) is 5.91 Å². The van der Waals surface area contributed by atoms with Crippen molar-refractivity contribution in [1.29, 1.82) is 0 Å². The predicted octanol–water partition coefficient (Wildman–Crippen LogP) is 3.40. The lowest BCUT2D eigenvalue weighted by Gasteiger charge is -2.28. The molecule has 2 rings (SSSR count). The molecule has 2 N–H and O–H groups in total. The first-order valence-electron chi connectivity index (χ1n) is 7.37. The molecular formula is C16H24Cl2N2O. The number of benzene rings is 1. The molecule has 2 atom stereocenters. The SMILES string of the molecule is CC(CC(=O)NCc1cccc(Cl)c1)C1CCCNC1.Cl. The van der Waals surface area contributed by atoms with Crippen molar-refractivity contribution >= 4 is 29.9 Å². The molecule has 1 aliphatic heterocycles. The molecule has 0 aromatic heterocycles. The molecule has 1 aromatic rings. The van der Waals surface area contributed by atoms with Gasteiger partial charge in [0, 0.05) is 18.0 Å². The maximum atomic E-state index is 12.0. The van der Waals surface area contributed by atoms with Gasteiger partial charge < -0.3 is 10.6 Å². The summed E-state index contributed by atoms with van der Waals surface area (Å²) < 4.78 is 0. The highest BCUT2D eigenvalue weighted by molar-refractivity contribution is 6.30. The van der Waals surface area contributed by atoms with Crippen molar-refractivity contribution in [1.82, 2.24) is 10.6 Å². The van der Waals surface area contributed by atoms with Crippen LogP contribution in [0.15, 0.2) is 24.3 Å². The minimum absolute atomic E-state index is 0. The van der Waals surface area contributed by atoms with Crippen LogP contribution in [0.25, 0.3) is 0 Å². The van der Waals surface area contributed by atoms with E-state index in [-0.39, 0.29) is 18.3 Å². The van der Waals surface area contributed by atoms with Crippen molar-refractivity contribution in [3.05, 3.63) is 34.9 Å². The highest BCUT2D eigenvalue weighted by Gasteiger charge is 2.21. The van der Waals surface area contributed by atoms with Gasteiger partial charge in [0.15, 0.2) is 0 Å². The van der Waals surface area contributed by atoms with Crippen LogP contribution in [0.4, 0.5) is 0 Å². The van der Waals surface area contributed by atoms with Crippen molar-refractivity contribution < 1.29 is 4.79 Å². The predicted molar refractivity (Wildman–Crippen MR) is 89.9 cm³/mol. The van der Waals surface area contributed by atoms with Gasteiger partial charge in [0.25, 0.3) is 0 Å². The molecule has 1 aromatic carbocycles. The molecule has 5 heteroatoms. The van der Waals surface area contributed by atoms with E-state index in [4.69, 9.17) is 11.6 Å². The molecule has 21 heavy (non-hydrogen) atoms. The van der Waals surface area contributed by atoms with Gasteiger partial charge in [-0.1, -0.05) is 30.7 Å². The monoisotopic (exact) mass is 330 g/mol. The van der Waals surface area contributed by atoms with Gasteiger partial charge in [-0.2, -0.15) is 0 Å². The Hall–Kier alpha value is -0.770. The molecular weight excluding hydrogens is 307 g/mol. The lowest BCUT2D eigenvalue weighted by molar-refractivity contribution is -0.122. The second kappa shape index (κ2) is 9.29. The fourth-order valence-corrected chi connectivity index (χ4v) is 2.96. The molecule has 0 bridgehead atoms. The van der Waals surface area contributed by atoms with Crippen molar-refractivity contribution in [3.8, 4) is 0 Å². The summed E-state index contributed by atoms with van der Waals surface area (Å²) >= 11 is 5.93. The fraction of sp³-hybridized carbons (Fsp3) is 0.562. The zero-order chi connectivity index (χ0) is 14.4. The highest BCUT2D eigenvalue weighted by Crippen LogP contribution is 2.22. The Labute approximate surface area is 138 Å². The quantitative estimate of drug-likeness (QED) is 0.868. The zero-order valence-corrected chi connectivity index (χ0v) is 14.0. The third kappa shape index (κ3) is 6.25. The third-order valence-corrected chi connectivity index (χ3v) is 4.26. The lowest BCUT2D eigenvalue weighted by Crippen LogP contribution is -2.35. The van der Waals surface area contributed by atoms with E-state index in [2.05, 4.69) is 17.6 Å². The van der Waals surface area contributed by atoms with E-state index in [0.717, 1.165) is 18.7 Å². The first kappa shape index (κ1) is 18.3. The smallest absolute Gasteiger partial charge is 0.220 e. The topological polar surface area (TPSA) is 41.1 Å². The van der Waals surface area contributed by atoms with Crippen LogP contribution in [0.2, 0.25) is 5.02 Å². The zero-order valence-electron chi connectivity index (χ0n) is 12.4. The summed E-state index contributed by atoms with van der Waals surface area (Å²) in [7, 11) is 0. The van der Waals surface area contributed by atoms with Crippen molar-refractivity contribution in [2.45, 2.75) is 32.7 Å². The minimum atomic E-state index is 0. The van der Waals surface area contributed by atoms with Crippen molar-refractivity contribution in [2.24, 2.45) is 11.8 Å². The van der Waals surface area contributed by atoms with E-state index in [1.54, 1.807) is 0 Å². The Morgan fingerprint density at radius 2 is 2.33 bits per heavy atom. The van der Waals surface area contributed by atoms with Gasteiger partial charge in [0.1, 0.15) is 0 Å². The molecule has 1 amide bonds. The van der Waals surface area contributed by atoms with Crippen LogP contribution in [0.1, 0.15) is 31.7 Å². The Balaban J connectivity index is 0.00000220. The molecule has 1 saturated heterocycles. The van der Waals surface area contributed by atoms with E-state index in [1.165, 1.54) is 12.8 Å². The summed E-state index contributed by atoms with van der Waals surface area (Å²) in [6, 6.07) is 7.60. The summed E-state index contributed by atoms with van der Waals surface area (Å²) in [6.45, 7) is 4.89. The molecule has 0 aliphatic carbocycles. The van der Waals surface area contributed by atoms with Crippen LogP contribution in [0.5, 0.6) is 0 Å². The summed E-state index contributed by atoms with van der Waals surface area (Å²) in [5.41, 5.74) is 1.04. The maximum Gasteiger partial charge on any atom is 0.220 e. The van der Waals surface area contributed by atoms with Gasteiger partial charge in [-0.25, -0.2) is 0 Å². The first-order valence-corrected chi connectivity index (χ1v) is 7.75. The molecule has 1 heterocycles. The number of halogens is 2. The number of hydrogen-bond acceptors (Lipinski definition) is 2. The molecule has 0 saturated carbocycles. The number of rotatable bonds is 5. The van der Waals surface area contributed by atoms with Crippen LogP contribution >= 0.6 is 24.0 Å². The van der Waals surface area contributed by atoms with E-state index in [1.807, 2.05) is 24.3 Å². The lowest BCUT2D eigenvalue weighted by atomic mass is 9.85. The summed E-state index contributed by atoms with van der Waals surface area (Å²) in [5, 5.41) is 7.09. The Bertz CT molecular complexity index is 448. The van der Waals surface area contributed by atoms with Crippen LogP contribution in [-0.2, 0) is 11.3 Å². The van der Waals surface area contributed by atoms with Crippen molar-refractivity contribution in [3.63, 3.8) is 0 Å². The summed E-state index contributed by atoms with van der Waals surface area (Å²) in [4.78, 5) is 12.0. The largest absolute Gasteiger partial charge is 0.352 e. The normalized spacial score (nSPS) is 19.4. The van der Waals surface area contributed by atoms with Gasteiger partial charge in [0.05, 0.1) is 0 Å². The second-order valence-electron chi connectivity index (χ2n) is 5.69. The Morgan fingerprint density at radius 1 is 1.52 bits per heavy atom. The van der Waals surface area contributed by atoms with Gasteiger partial charge in [-0.05, 0) is 55.5 Å². The number of piperidine rings is 1. The molecule has 2 unspecified atom stereocenters. The van der Waals surface area contributed by atoms with E-state index in [9.17, 15) is 4.79 Å². The summed E-state index contributed by atoms with van der Waals surface area (Å²) in [5.74, 6) is 1.19. The number of nitrogens with one attached hydrogen (secondary N) is 2. The standard InChI is InChI=1S/C16H23ClN2O.ClH/c1-12(14-5-3-7-18-11-14)8-16(20)19-10-13-4-2-6-15(17)9-13;/h2,4,6,9,12,14,18H,3,5,7-8,10-11H2,1H3,(H,19,20);1H. The van der Waals surface area contributed by atoms with E-state index in [0.29, 0.717) is 29.8 Å². The molecule has 3 nitrogen and oxygen atoms in total. The van der Waals surface area contributed by atoms with Crippen LogP contribution in [-0.4, -0.2) is 19.0 Å². The number of amides is 1. The van der Waals surface area contributed by atoms with Crippen LogP contribution in [0, 0.1) is 11.8 Å². The number of hydrogen-bond donors (Lipinski definition) is 2. The molecule has 118 valence electrons. The average molecular weight is 331 g/mol. The van der Waals surface area contributed by atoms with E-state index >= 15 is 0 Å². The fourth-order valence-electron chi connectivity index (χ4n) is 2.74. The van der Waals surface area contributed by atoms with E-state index < -0.39 is 0 Å². The highest BCUT2D eigenvalue weighted by atomic mass is 35.5. The Kier molecular flexibility index (Phi) is 8.09. The molecule has 1 aliphatic rings. The van der Waals surface area contributed by atoms with Crippen LogP contribution in [0.3, 0.4) is 0 Å². The van der Waals surface area contributed by atoms with Gasteiger partial charge in [-0.15, -0.1) is 12.4 Å². The Morgan fingerprint density at radius 3 is 3.00 bits per heavy atom. The molecule has 0 radical (unpaired) electrons.